The van der Waals surface area contributed by atoms with Crippen LogP contribution in [0.4, 0.5) is 5.69 Å². The molecule has 20 heavy (non-hydrogen) atoms. The number of likely N-dealkylation sites (N-methyl/N-ethyl adjacent to an activating group) is 1. The second-order valence-corrected chi connectivity index (χ2v) is 6.01. The van der Waals surface area contributed by atoms with E-state index in [1.165, 1.54) is 18.4 Å². The number of nitrogens with zero attached hydrogens (tertiary/aromatic N) is 1. The quantitative estimate of drug-likeness (QED) is 0.876. The number of nitrogens with one attached hydrogen (secondary N) is 1. The predicted molar refractivity (Wildman–Crippen MR) is 80.5 cm³/mol. The maximum Gasteiger partial charge on any atom is 0.241 e. The maximum atomic E-state index is 12.5. The van der Waals surface area contributed by atoms with E-state index in [0.29, 0.717) is 18.5 Å². The third-order valence-electron chi connectivity index (χ3n) is 4.69. The number of hydrogen-bond acceptors (Lipinski definition) is 3. The van der Waals surface area contributed by atoms with E-state index in [0.717, 1.165) is 18.5 Å². The fourth-order valence-corrected chi connectivity index (χ4v) is 3.29. The predicted octanol–water partition coefficient (Wildman–Crippen LogP) is 1.61. The number of para-hydroxylation sites is 1. The van der Waals surface area contributed by atoms with Crippen LogP contribution in [-0.2, 0) is 11.2 Å². The lowest BCUT2D eigenvalue weighted by molar-refractivity contribution is -0.121. The second-order valence-electron chi connectivity index (χ2n) is 6.01. The average molecular weight is 273 g/mol. The largest absolute Gasteiger partial charge is 0.329 e. The molecule has 0 spiro atoms. The molecule has 108 valence electrons. The van der Waals surface area contributed by atoms with Crippen molar-refractivity contribution in [2.24, 2.45) is 11.7 Å². The van der Waals surface area contributed by atoms with Gasteiger partial charge in [0.25, 0.3) is 0 Å². The Balaban J connectivity index is 1.76. The highest BCUT2D eigenvalue weighted by Crippen LogP contribution is 2.36. The normalized spacial score (nSPS) is 23.9. The van der Waals surface area contributed by atoms with Gasteiger partial charge in [-0.15, -0.1) is 0 Å². The Hall–Kier alpha value is -1.39. The number of carbonyl (C=O) groups excluding carboxylic acids is 1. The number of aryl methyl sites for hydroxylation is 1. The zero-order valence-corrected chi connectivity index (χ0v) is 12.0. The molecule has 0 bridgehead atoms. The summed E-state index contributed by atoms with van der Waals surface area (Å²) in [7, 11) is 2.05. The molecule has 1 fully saturated rings. The van der Waals surface area contributed by atoms with Gasteiger partial charge in [0.15, 0.2) is 0 Å². The number of carbonyl (C=O) groups is 1. The minimum absolute atomic E-state index is 0.0726. The van der Waals surface area contributed by atoms with Crippen LogP contribution in [0.15, 0.2) is 24.3 Å². The summed E-state index contributed by atoms with van der Waals surface area (Å²) in [6, 6.07) is 8.34. The van der Waals surface area contributed by atoms with Crippen LogP contribution >= 0.6 is 0 Å². The Kier molecular flexibility index (Phi) is 3.76. The van der Waals surface area contributed by atoms with Gasteiger partial charge in [0.05, 0.1) is 6.04 Å². The third kappa shape index (κ3) is 2.58. The van der Waals surface area contributed by atoms with Crippen molar-refractivity contribution < 1.29 is 4.79 Å². The summed E-state index contributed by atoms with van der Waals surface area (Å²) in [5.41, 5.74) is 8.11. The van der Waals surface area contributed by atoms with Crippen LogP contribution < -0.4 is 11.1 Å². The number of rotatable bonds is 4. The smallest absolute Gasteiger partial charge is 0.241 e. The topological polar surface area (TPSA) is 58.4 Å². The molecular formula is C16H23N3O. The Morgan fingerprint density at radius 3 is 2.80 bits per heavy atom. The lowest BCUT2D eigenvalue weighted by Crippen LogP contribution is -2.50. The van der Waals surface area contributed by atoms with E-state index in [2.05, 4.69) is 23.3 Å². The van der Waals surface area contributed by atoms with E-state index >= 15 is 0 Å². The molecule has 1 aliphatic heterocycles. The molecule has 1 heterocycles. The first kappa shape index (κ1) is 13.6. The zero-order chi connectivity index (χ0) is 14.1. The summed E-state index contributed by atoms with van der Waals surface area (Å²) < 4.78 is 0. The standard InChI is InChI=1S/C16H23N3O/c1-19(15(10-17)12-6-7-12)14-9-8-11-4-2-3-5-13(11)18-16(14)20/h2-5,12,14-15H,6-10,17H2,1H3,(H,18,20). The van der Waals surface area contributed by atoms with Crippen molar-refractivity contribution in [2.45, 2.75) is 37.8 Å². The Bertz CT molecular complexity index is 498. The fourth-order valence-electron chi connectivity index (χ4n) is 3.29. The second kappa shape index (κ2) is 5.54. The molecule has 4 nitrogen and oxygen atoms in total. The highest BCUT2D eigenvalue weighted by Gasteiger charge is 2.38. The minimum Gasteiger partial charge on any atom is -0.329 e. The van der Waals surface area contributed by atoms with Gasteiger partial charge in [0.2, 0.25) is 5.91 Å². The molecule has 3 N–H and O–H groups in total. The molecule has 1 amide bonds. The number of fused-ring (bicyclic) bond motifs is 1. The lowest BCUT2D eigenvalue weighted by Gasteiger charge is -2.33. The molecule has 1 saturated carbocycles. The van der Waals surface area contributed by atoms with Crippen molar-refractivity contribution in [3.05, 3.63) is 29.8 Å². The van der Waals surface area contributed by atoms with Crippen LogP contribution in [0.5, 0.6) is 0 Å². The molecule has 1 aliphatic carbocycles. The Labute approximate surface area is 120 Å². The molecule has 1 aromatic carbocycles. The van der Waals surface area contributed by atoms with E-state index in [1.54, 1.807) is 0 Å². The van der Waals surface area contributed by atoms with Crippen molar-refractivity contribution in [1.29, 1.82) is 0 Å². The SMILES string of the molecule is CN(C1CCc2ccccc2NC1=O)C(CN)C1CC1. The van der Waals surface area contributed by atoms with Gasteiger partial charge < -0.3 is 11.1 Å². The number of anilines is 1. The van der Waals surface area contributed by atoms with E-state index in [4.69, 9.17) is 5.73 Å². The monoisotopic (exact) mass is 273 g/mol. The third-order valence-corrected chi connectivity index (χ3v) is 4.69. The van der Waals surface area contributed by atoms with Crippen molar-refractivity contribution in [3.63, 3.8) is 0 Å². The van der Waals surface area contributed by atoms with Gasteiger partial charge in [-0.2, -0.15) is 0 Å². The van der Waals surface area contributed by atoms with Crippen molar-refractivity contribution >= 4 is 11.6 Å². The van der Waals surface area contributed by atoms with Gasteiger partial charge in [-0.3, -0.25) is 9.69 Å². The summed E-state index contributed by atoms with van der Waals surface area (Å²) in [6.45, 7) is 0.637. The number of nitrogens with two attached hydrogens (primary N) is 1. The summed E-state index contributed by atoms with van der Waals surface area (Å²) in [4.78, 5) is 14.7. The van der Waals surface area contributed by atoms with Crippen molar-refractivity contribution in [2.75, 3.05) is 18.9 Å². The zero-order valence-electron chi connectivity index (χ0n) is 12.0. The van der Waals surface area contributed by atoms with E-state index in [9.17, 15) is 4.79 Å². The summed E-state index contributed by atoms with van der Waals surface area (Å²) >= 11 is 0. The summed E-state index contributed by atoms with van der Waals surface area (Å²) in [5.74, 6) is 0.792. The van der Waals surface area contributed by atoms with Gasteiger partial charge >= 0.3 is 0 Å². The van der Waals surface area contributed by atoms with E-state index < -0.39 is 0 Å². The van der Waals surface area contributed by atoms with Crippen LogP contribution in [-0.4, -0.2) is 36.5 Å². The van der Waals surface area contributed by atoms with E-state index in [1.807, 2.05) is 18.2 Å². The fraction of sp³-hybridized carbons (Fsp3) is 0.562. The van der Waals surface area contributed by atoms with E-state index in [-0.39, 0.29) is 11.9 Å². The first-order valence-electron chi connectivity index (χ1n) is 7.51. The molecule has 4 heteroatoms. The first-order chi connectivity index (χ1) is 9.70. The van der Waals surface area contributed by atoms with Crippen LogP contribution in [0.3, 0.4) is 0 Å². The minimum atomic E-state index is -0.0726. The van der Waals surface area contributed by atoms with Crippen molar-refractivity contribution in [3.8, 4) is 0 Å². The van der Waals surface area contributed by atoms with Gasteiger partial charge in [-0.05, 0) is 50.3 Å². The summed E-state index contributed by atoms with van der Waals surface area (Å²) in [5, 5.41) is 3.07. The molecule has 1 aromatic rings. The summed E-state index contributed by atoms with van der Waals surface area (Å²) in [6.07, 6.45) is 4.30. The van der Waals surface area contributed by atoms with Gasteiger partial charge in [-0.25, -0.2) is 0 Å². The highest BCUT2D eigenvalue weighted by atomic mass is 16.2. The molecule has 2 atom stereocenters. The van der Waals surface area contributed by atoms with Crippen LogP contribution in [0.2, 0.25) is 0 Å². The highest BCUT2D eigenvalue weighted by molar-refractivity contribution is 5.96. The molecule has 0 saturated heterocycles. The Morgan fingerprint density at radius 2 is 2.10 bits per heavy atom. The van der Waals surface area contributed by atoms with Gasteiger partial charge in [-0.1, -0.05) is 18.2 Å². The number of hydrogen-bond donors (Lipinski definition) is 2. The molecular weight excluding hydrogens is 250 g/mol. The molecule has 0 aromatic heterocycles. The Morgan fingerprint density at radius 1 is 1.35 bits per heavy atom. The van der Waals surface area contributed by atoms with Crippen LogP contribution in [0.25, 0.3) is 0 Å². The molecule has 3 rings (SSSR count). The van der Waals surface area contributed by atoms with Crippen molar-refractivity contribution in [1.82, 2.24) is 4.90 Å². The van der Waals surface area contributed by atoms with Gasteiger partial charge in [0.1, 0.15) is 0 Å². The molecule has 2 aliphatic rings. The number of benzene rings is 1. The molecule has 0 radical (unpaired) electrons. The van der Waals surface area contributed by atoms with Crippen LogP contribution in [0.1, 0.15) is 24.8 Å². The lowest BCUT2D eigenvalue weighted by atomic mass is 10.0. The number of amides is 1. The van der Waals surface area contributed by atoms with Gasteiger partial charge in [0, 0.05) is 18.3 Å². The van der Waals surface area contributed by atoms with Crippen LogP contribution in [0, 0.1) is 5.92 Å². The molecule has 2 unspecified atom stereocenters. The average Bonchev–Trinajstić information content (AvgIpc) is 3.26. The maximum absolute atomic E-state index is 12.5. The first-order valence-corrected chi connectivity index (χ1v) is 7.51.